The third-order valence-electron chi connectivity index (χ3n) is 3.75. The highest BCUT2D eigenvalue weighted by molar-refractivity contribution is 5.94. The number of benzene rings is 2. The number of nitrogens with two attached hydrogens (primary N) is 1. The topological polar surface area (TPSA) is 137 Å². The highest BCUT2D eigenvalue weighted by atomic mass is 19.4. The number of halogens is 3. The van der Waals surface area contributed by atoms with Gasteiger partial charge < -0.3 is 21.1 Å². The molecule has 0 aromatic heterocycles. The quantitative estimate of drug-likeness (QED) is 0.320. The van der Waals surface area contributed by atoms with Crippen molar-refractivity contribution >= 4 is 23.2 Å². The van der Waals surface area contributed by atoms with E-state index in [1.165, 1.54) is 24.3 Å². The summed E-state index contributed by atoms with van der Waals surface area (Å²) in [6.45, 7) is -0.206. The van der Waals surface area contributed by atoms with Crippen molar-refractivity contribution in [3.63, 3.8) is 0 Å². The van der Waals surface area contributed by atoms with Crippen LogP contribution in [-0.2, 0) is 11.0 Å². The van der Waals surface area contributed by atoms with Gasteiger partial charge in [0.25, 0.3) is 17.5 Å². The summed E-state index contributed by atoms with van der Waals surface area (Å²) >= 11 is 0. The number of nitrogens with one attached hydrogen (secondary N) is 2. The molecule has 0 radical (unpaired) electrons. The Morgan fingerprint density at radius 1 is 1.10 bits per heavy atom. The number of nitrogens with zero attached hydrogens (tertiary/aromatic N) is 1. The summed E-state index contributed by atoms with van der Waals surface area (Å²) in [4.78, 5) is 32.8. The van der Waals surface area contributed by atoms with Crippen molar-refractivity contribution in [1.82, 2.24) is 5.32 Å². The molecule has 9 nitrogen and oxygen atoms in total. The number of nitro groups is 1. The monoisotopic (exact) mass is 426 g/mol. The van der Waals surface area contributed by atoms with Crippen molar-refractivity contribution < 1.29 is 32.4 Å². The van der Waals surface area contributed by atoms with E-state index in [2.05, 4.69) is 10.6 Å². The molecule has 12 heteroatoms. The molecular formula is C18H17F3N4O5. The predicted octanol–water partition coefficient (Wildman–Crippen LogP) is 2.32. The van der Waals surface area contributed by atoms with Crippen LogP contribution in [0.15, 0.2) is 42.5 Å². The fourth-order valence-corrected chi connectivity index (χ4v) is 2.34. The lowest BCUT2D eigenvalue weighted by atomic mass is 10.1. The molecule has 0 aliphatic heterocycles. The summed E-state index contributed by atoms with van der Waals surface area (Å²) in [7, 11) is 0. The minimum atomic E-state index is -4.70. The normalized spacial score (nSPS) is 10.9. The van der Waals surface area contributed by atoms with Crippen LogP contribution in [0.25, 0.3) is 0 Å². The Morgan fingerprint density at radius 2 is 1.77 bits per heavy atom. The van der Waals surface area contributed by atoms with E-state index >= 15 is 0 Å². The summed E-state index contributed by atoms with van der Waals surface area (Å²) in [5, 5.41) is 16.2. The van der Waals surface area contributed by atoms with Crippen LogP contribution in [0.2, 0.25) is 0 Å². The van der Waals surface area contributed by atoms with E-state index in [9.17, 15) is 32.9 Å². The first-order chi connectivity index (χ1) is 14.1. The van der Waals surface area contributed by atoms with Crippen molar-refractivity contribution in [1.29, 1.82) is 0 Å². The average molecular weight is 426 g/mol. The van der Waals surface area contributed by atoms with E-state index in [0.717, 1.165) is 12.1 Å². The number of hydrogen-bond donors (Lipinski definition) is 3. The average Bonchev–Trinajstić information content (AvgIpc) is 2.69. The van der Waals surface area contributed by atoms with Crippen LogP contribution in [0.1, 0.15) is 15.9 Å². The number of carbonyl (C=O) groups is 2. The molecular weight excluding hydrogens is 409 g/mol. The number of anilines is 1. The molecule has 0 aliphatic rings. The van der Waals surface area contributed by atoms with E-state index in [1.807, 2.05) is 0 Å². The fourth-order valence-electron chi connectivity index (χ4n) is 2.34. The van der Waals surface area contributed by atoms with Gasteiger partial charge in [-0.25, -0.2) is 0 Å². The number of amides is 2. The Morgan fingerprint density at radius 3 is 2.33 bits per heavy atom. The molecule has 0 saturated heterocycles. The second kappa shape index (κ2) is 9.58. The highest BCUT2D eigenvalue weighted by Gasteiger charge is 2.33. The van der Waals surface area contributed by atoms with Gasteiger partial charge in [-0.05, 0) is 36.4 Å². The molecule has 0 unspecified atom stereocenters. The Bertz CT molecular complexity index is 932. The van der Waals surface area contributed by atoms with Gasteiger partial charge in [0.2, 0.25) is 0 Å². The van der Waals surface area contributed by atoms with Crippen molar-refractivity contribution in [3.05, 3.63) is 63.7 Å². The van der Waals surface area contributed by atoms with Crippen LogP contribution in [0.5, 0.6) is 5.75 Å². The fraction of sp³-hybridized carbons (Fsp3) is 0.222. The molecule has 2 aromatic carbocycles. The molecule has 0 saturated carbocycles. The molecule has 2 amide bonds. The Kier molecular flexibility index (Phi) is 7.17. The first-order valence-electron chi connectivity index (χ1n) is 8.47. The van der Waals surface area contributed by atoms with Gasteiger partial charge >= 0.3 is 6.18 Å². The lowest BCUT2D eigenvalue weighted by Crippen LogP contribution is -2.28. The zero-order valence-electron chi connectivity index (χ0n) is 15.4. The van der Waals surface area contributed by atoms with E-state index in [4.69, 9.17) is 10.5 Å². The number of rotatable bonds is 9. The maximum atomic E-state index is 12.7. The maximum Gasteiger partial charge on any atom is 0.416 e. The standard InChI is InChI=1S/C18H17F3N4O5/c19-18(20,21)12-3-6-14(15(9-12)25(28)29)23-7-8-24-17(27)11-1-4-13(5-2-11)30-10-16(22)26/h1-6,9,23H,7-8,10H2,(H2,22,26)(H,24,27). The van der Waals surface area contributed by atoms with Crippen molar-refractivity contribution in [2.45, 2.75) is 6.18 Å². The van der Waals surface area contributed by atoms with Crippen LogP contribution in [0, 0.1) is 10.1 Å². The minimum absolute atomic E-state index is 0.0394. The zero-order chi connectivity index (χ0) is 22.3. The molecule has 30 heavy (non-hydrogen) atoms. The van der Waals surface area contributed by atoms with Gasteiger partial charge in [-0.3, -0.25) is 19.7 Å². The van der Waals surface area contributed by atoms with Crippen molar-refractivity contribution in [2.75, 3.05) is 25.0 Å². The van der Waals surface area contributed by atoms with Gasteiger partial charge in [0, 0.05) is 24.7 Å². The van der Waals surface area contributed by atoms with Crippen molar-refractivity contribution in [3.8, 4) is 5.75 Å². The molecule has 0 atom stereocenters. The third kappa shape index (κ3) is 6.36. The Balaban J connectivity index is 1.89. The SMILES string of the molecule is NC(=O)COc1ccc(C(=O)NCCNc2ccc(C(F)(F)F)cc2[N+](=O)[O-])cc1. The van der Waals surface area contributed by atoms with E-state index < -0.39 is 34.2 Å². The van der Waals surface area contributed by atoms with Gasteiger partial charge in [-0.15, -0.1) is 0 Å². The van der Waals surface area contributed by atoms with Crippen molar-refractivity contribution in [2.24, 2.45) is 5.73 Å². The second-order valence-electron chi connectivity index (χ2n) is 5.95. The number of alkyl halides is 3. The molecule has 0 bridgehead atoms. The number of carbonyl (C=O) groups excluding carboxylic acids is 2. The van der Waals surface area contributed by atoms with Crippen LogP contribution >= 0.6 is 0 Å². The van der Waals surface area contributed by atoms with Gasteiger partial charge in [-0.2, -0.15) is 13.2 Å². The van der Waals surface area contributed by atoms with Gasteiger partial charge in [0.1, 0.15) is 11.4 Å². The van der Waals surface area contributed by atoms with Crippen LogP contribution in [0.3, 0.4) is 0 Å². The minimum Gasteiger partial charge on any atom is -0.484 e. The molecule has 2 rings (SSSR count). The maximum absolute atomic E-state index is 12.7. The molecule has 160 valence electrons. The van der Waals surface area contributed by atoms with Crippen LogP contribution < -0.4 is 21.1 Å². The third-order valence-corrected chi connectivity index (χ3v) is 3.75. The van der Waals surface area contributed by atoms with Gasteiger partial charge in [0.15, 0.2) is 6.61 Å². The Labute approximate surface area is 168 Å². The molecule has 0 spiro atoms. The Hall–Kier alpha value is -3.83. The molecule has 2 aromatic rings. The van der Waals surface area contributed by atoms with Crippen LogP contribution in [-0.4, -0.2) is 36.4 Å². The molecule has 0 aliphatic carbocycles. The van der Waals surface area contributed by atoms with E-state index in [1.54, 1.807) is 0 Å². The summed E-state index contributed by atoms with van der Waals surface area (Å²) in [5.41, 5.74) is 3.31. The predicted molar refractivity (Wildman–Crippen MR) is 100 cm³/mol. The zero-order valence-corrected chi connectivity index (χ0v) is 15.4. The molecule has 0 heterocycles. The summed E-state index contributed by atoms with van der Waals surface area (Å²) < 4.78 is 43.2. The van der Waals surface area contributed by atoms with Gasteiger partial charge in [-0.1, -0.05) is 0 Å². The summed E-state index contributed by atoms with van der Waals surface area (Å²) in [6.07, 6.45) is -4.70. The highest BCUT2D eigenvalue weighted by Crippen LogP contribution is 2.34. The first kappa shape index (κ1) is 22.5. The largest absolute Gasteiger partial charge is 0.484 e. The second-order valence-corrected chi connectivity index (χ2v) is 5.95. The first-order valence-corrected chi connectivity index (χ1v) is 8.47. The molecule has 4 N–H and O–H groups in total. The van der Waals surface area contributed by atoms with E-state index in [-0.39, 0.29) is 25.4 Å². The number of hydrogen-bond acceptors (Lipinski definition) is 6. The number of ether oxygens (including phenoxy) is 1. The van der Waals surface area contributed by atoms with E-state index in [0.29, 0.717) is 17.4 Å². The number of primary amides is 1. The molecule has 0 fully saturated rings. The number of nitro benzene ring substituents is 1. The lowest BCUT2D eigenvalue weighted by molar-refractivity contribution is -0.384. The lowest BCUT2D eigenvalue weighted by Gasteiger charge is -2.11. The summed E-state index contributed by atoms with van der Waals surface area (Å²) in [5.74, 6) is -0.737. The summed E-state index contributed by atoms with van der Waals surface area (Å²) in [6, 6.07) is 8.01. The van der Waals surface area contributed by atoms with Gasteiger partial charge in [0.05, 0.1) is 10.5 Å². The smallest absolute Gasteiger partial charge is 0.416 e. The van der Waals surface area contributed by atoms with Crippen LogP contribution in [0.4, 0.5) is 24.5 Å².